The van der Waals surface area contributed by atoms with E-state index in [1.807, 2.05) is 13.8 Å². The molecule has 108 valence electrons. The Hall–Kier alpha value is -1.29. The van der Waals surface area contributed by atoms with Gasteiger partial charge in [-0.15, -0.1) is 0 Å². The molecule has 4 heteroatoms. The van der Waals surface area contributed by atoms with Gasteiger partial charge in [0.25, 0.3) is 0 Å². The van der Waals surface area contributed by atoms with Gasteiger partial charge in [0.05, 0.1) is 6.54 Å². The molecule has 4 nitrogen and oxygen atoms in total. The minimum absolute atomic E-state index is 0.0636. The van der Waals surface area contributed by atoms with Gasteiger partial charge in [0.15, 0.2) is 5.78 Å². The number of ether oxygens (including phenoxy) is 2. The highest BCUT2D eigenvalue weighted by atomic mass is 16.7. The van der Waals surface area contributed by atoms with Gasteiger partial charge in [-0.25, -0.2) is 0 Å². The molecule has 1 aliphatic rings. The molecule has 0 aromatic carbocycles. The van der Waals surface area contributed by atoms with Gasteiger partial charge in [0.2, 0.25) is 6.79 Å². The molecular weight excluding hydrogens is 242 g/mol. The quantitative estimate of drug-likeness (QED) is 0.687. The lowest BCUT2D eigenvalue weighted by atomic mass is 9.73. The number of ketones is 1. The van der Waals surface area contributed by atoms with Crippen molar-refractivity contribution in [2.75, 3.05) is 13.3 Å². The van der Waals surface area contributed by atoms with Crippen LogP contribution in [0.15, 0.2) is 23.7 Å². The maximum atomic E-state index is 12.1. The van der Waals surface area contributed by atoms with E-state index in [1.54, 1.807) is 0 Å². The number of carbonyl (C=O) groups is 1. The minimum Gasteiger partial charge on any atom is -0.459 e. The Bertz CT molecular complexity index is 387. The second-order valence-corrected chi connectivity index (χ2v) is 5.20. The molecule has 0 saturated heterocycles. The number of nitrogens with two attached hydrogens (primary N) is 1. The summed E-state index contributed by atoms with van der Waals surface area (Å²) in [5, 5.41) is 0. The normalized spacial score (nSPS) is 17.7. The lowest BCUT2D eigenvalue weighted by Crippen LogP contribution is -2.35. The predicted molar refractivity (Wildman–Crippen MR) is 75.2 cm³/mol. The van der Waals surface area contributed by atoms with Crippen molar-refractivity contribution in [1.82, 2.24) is 0 Å². The van der Waals surface area contributed by atoms with Crippen molar-refractivity contribution < 1.29 is 14.3 Å². The second-order valence-electron chi connectivity index (χ2n) is 5.20. The van der Waals surface area contributed by atoms with Crippen molar-refractivity contribution in [2.24, 2.45) is 11.1 Å². The summed E-state index contributed by atoms with van der Waals surface area (Å²) < 4.78 is 10.6. The van der Waals surface area contributed by atoms with Crippen LogP contribution in [0.25, 0.3) is 0 Å². The van der Waals surface area contributed by atoms with Gasteiger partial charge in [-0.05, 0) is 26.7 Å². The third kappa shape index (κ3) is 3.60. The molecule has 19 heavy (non-hydrogen) atoms. The second kappa shape index (κ2) is 6.75. The van der Waals surface area contributed by atoms with Crippen LogP contribution in [-0.4, -0.2) is 19.1 Å². The summed E-state index contributed by atoms with van der Waals surface area (Å²) >= 11 is 0. The molecule has 1 aliphatic heterocycles. The SMILES string of the molecule is C=C(CCC1=C(C)OCO1)C(C)(CCC)C(=O)CN. The number of rotatable bonds is 8. The molecule has 0 fully saturated rings. The zero-order valence-corrected chi connectivity index (χ0v) is 12.3. The molecule has 0 aliphatic carbocycles. The number of hydrogen-bond donors (Lipinski definition) is 1. The van der Waals surface area contributed by atoms with Gasteiger partial charge in [-0.3, -0.25) is 4.79 Å². The van der Waals surface area contributed by atoms with Gasteiger partial charge in [-0.1, -0.05) is 25.5 Å². The Kier molecular flexibility index (Phi) is 5.60. The fourth-order valence-electron chi connectivity index (χ4n) is 2.40. The van der Waals surface area contributed by atoms with Gasteiger partial charge in [-0.2, -0.15) is 0 Å². The van der Waals surface area contributed by atoms with Crippen LogP contribution in [-0.2, 0) is 14.3 Å². The van der Waals surface area contributed by atoms with Crippen LogP contribution in [0.4, 0.5) is 0 Å². The van der Waals surface area contributed by atoms with Crippen LogP contribution in [0, 0.1) is 5.41 Å². The molecule has 1 rings (SSSR count). The highest BCUT2D eigenvalue weighted by Gasteiger charge is 2.33. The molecule has 2 N–H and O–H groups in total. The fraction of sp³-hybridized carbons (Fsp3) is 0.667. The fourth-order valence-corrected chi connectivity index (χ4v) is 2.40. The monoisotopic (exact) mass is 267 g/mol. The largest absolute Gasteiger partial charge is 0.459 e. The van der Waals surface area contributed by atoms with Crippen molar-refractivity contribution in [2.45, 2.75) is 46.5 Å². The van der Waals surface area contributed by atoms with Crippen molar-refractivity contribution in [1.29, 1.82) is 0 Å². The highest BCUT2D eigenvalue weighted by molar-refractivity contribution is 5.88. The first kappa shape index (κ1) is 15.8. The lowest BCUT2D eigenvalue weighted by molar-refractivity contribution is -0.125. The number of hydrogen-bond acceptors (Lipinski definition) is 4. The summed E-state index contributed by atoms with van der Waals surface area (Å²) in [5.41, 5.74) is 5.94. The highest BCUT2D eigenvalue weighted by Crippen LogP contribution is 2.36. The minimum atomic E-state index is -0.516. The van der Waals surface area contributed by atoms with E-state index < -0.39 is 5.41 Å². The van der Waals surface area contributed by atoms with Crippen LogP contribution >= 0.6 is 0 Å². The Labute approximate surface area is 115 Å². The van der Waals surface area contributed by atoms with Crippen molar-refractivity contribution in [3.05, 3.63) is 23.7 Å². The van der Waals surface area contributed by atoms with Crippen LogP contribution < -0.4 is 5.73 Å². The van der Waals surface area contributed by atoms with Crippen molar-refractivity contribution in [3.63, 3.8) is 0 Å². The average Bonchev–Trinajstić information content (AvgIpc) is 2.80. The molecule has 0 amide bonds. The molecule has 0 aromatic heterocycles. The van der Waals surface area contributed by atoms with Crippen molar-refractivity contribution in [3.8, 4) is 0 Å². The molecular formula is C15H25NO3. The van der Waals surface area contributed by atoms with E-state index in [1.165, 1.54) is 0 Å². The van der Waals surface area contributed by atoms with Crippen LogP contribution in [0.1, 0.15) is 46.5 Å². The Morgan fingerprint density at radius 1 is 1.47 bits per heavy atom. The lowest BCUT2D eigenvalue weighted by Gasteiger charge is -2.30. The Morgan fingerprint density at radius 2 is 2.16 bits per heavy atom. The predicted octanol–water partition coefficient (Wildman–Crippen LogP) is 2.89. The first-order chi connectivity index (χ1) is 8.95. The molecule has 0 spiro atoms. The third-order valence-electron chi connectivity index (χ3n) is 3.89. The first-order valence-corrected chi connectivity index (χ1v) is 6.82. The Balaban J connectivity index is 2.67. The van der Waals surface area contributed by atoms with Crippen molar-refractivity contribution >= 4 is 5.78 Å². The molecule has 0 aromatic rings. The summed E-state index contributed by atoms with van der Waals surface area (Å²) in [4.78, 5) is 12.1. The zero-order chi connectivity index (χ0) is 14.5. The van der Waals surface area contributed by atoms with Gasteiger partial charge < -0.3 is 15.2 Å². The van der Waals surface area contributed by atoms with E-state index in [9.17, 15) is 4.79 Å². The summed E-state index contributed by atoms with van der Waals surface area (Å²) in [5.74, 6) is 1.75. The van der Waals surface area contributed by atoms with E-state index in [4.69, 9.17) is 15.2 Å². The summed E-state index contributed by atoms with van der Waals surface area (Å²) in [6, 6.07) is 0. The number of carbonyl (C=O) groups excluding carboxylic acids is 1. The van der Waals surface area contributed by atoms with E-state index in [0.29, 0.717) is 6.79 Å². The molecule has 1 unspecified atom stereocenters. The first-order valence-electron chi connectivity index (χ1n) is 6.82. The van der Waals surface area contributed by atoms with E-state index >= 15 is 0 Å². The molecule has 0 saturated carbocycles. The summed E-state index contributed by atoms with van der Waals surface area (Å²) in [6.07, 6.45) is 3.17. The maximum Gasteiger partial charge on any atom is 0.230 e. The van der Waals surface area contributed by atoms with Crippen LogP contribution in [0.3, 0.4) is 0 Å². The van der Waals surface area contributed by atoms with Gasteiger partial charge >= 0.3 is 0 Å². The zero-order valence-electron chi connectivity index (χ0n) is 12.3. The van der Waals surface area contributed by atoms with E-state index in [0.717, 1.165) is 42.8 Å². The molecule has 1 atom stereocenters. The Morgan fingerprint density at radius 3 is 2.63 bits per heavy atom. The van der Waals surface area contributed by atoms with E-state index in [-0.39, 0.29) is 12.3 Å². The standard InChI is InChI=1S/C15H25NO3/c1-5-8-15(4,14(17)9-16)11(2)6-7-13-12(3)18-10-19-13/h2,5-10,16H2,1,3-4H3. The molecule has 0 radical (unpaired) electrons. The number of allylic oxidation sites excluding steroid dienone is 3. The topological polar surface area (TPSA) is 61.5 Å². The smallest absolute Gasteiger partial charge is 0.230 e. The van der Waals surface area contributed by atoms with Gasteiger partial charge in [0.1, 0.15) is 11.5 Å². The van der Waals surface area contributed by atoms with Crippen LogP contribution in [0.5, 0.6) is 0 Å². The summed E-state index contributed by atoms with van der Waals surface area (Å²) in [7, 11) is 0. The third-order valence-corrected chi connectivity index (χ3v) is 3.89. The molecule has 0 bridgehead atoms. The van der Waals surface area contributed by atoms with Crippen LogP contribution in [0.2, 0.25) is 0 Å². The maximum absolute atomic E-state index is 12.1. The number of Topliss-reactive ketones (excluding diaryl/α,β-unsaturated/α-hetero) is 1. The average molecular weight is 267 g/mol. The van der Waals surface area contributed by atoms with Gasteiger partial charge in [0, 0.05) is 11.8 Å². The summed E-state index contributed by atoms with van der Waals surface area (Å²) in [6.45, 7) is 10.4. The molecule has 1 heterocycles. The van der Waals surface area contributed by atoms with E-state index in [2.05, 4.69) is 13.5 Å².